The van der Waals surface area contributed by atoms with Crippen molar-refractivity contribution in [3.05, 3.63) is 57.6 Å². The Balaban J connectivity index is 1.92. The first-order valence-electron chi connectivity index (χ1n) is 6.63. The maximum atomic E-state index is 11.9. The van der Waals surface area contributed by atoms with Crippen LogP contribution in [0.1, 0.15) is 11.1 Å². The molecule has 0 saturated carbocycles. The second-order valence-electron chi connectivity index (χ2n) is 4.72. The van der Waals surface area contributed by atoms with Crippen molar-refractivity contribution in [3.63, 3.8) is 0 Å². The molecule has 4 nitrogen and oxygen atoms in total. The van der Waals surface area contributed by atoms with Gasteiger partial charge in [0, 0.05) is 22.3 Å². The largest absolute Gasteiger partial charge is 0.497 e. The highest BCUT2D eigenvalue weighted by molar-refractivity contribution is 6.36. The molecule has 22 heavy (non-hydrogen) atoms. The van der Waals surface area contributed by atoms with Crippen LogP contribution in [0.4, 0.5) is 10.5 Å². The molecule has 0 radical (unpaired) electrons. The van der Waals surface area contributed by atoms with Crippen LogP contribution in [0.5, 0.6) is 5.75 Å². The minimum absolute atomic E-state index is 0.327. The van der Waals surface area contributed by atoms with E-state index >= 15 is 0 Å². The quantitative estimate of drug-likeness (QED) is 0.853. The minimum atomic E-state index is -0.327. The summed E-state index contributed by atoms with van der Waals surface area (Å²) in [6.45, 7) is 2.22. The molecule has 0 unspecified atom stereocenters. The Morgan fingerprint density at radius 3 is 2.27 bits per heavy atom. The molecule has 0 atom stereocenters. The fourth-order valence-corrected chi connectivity index (χ4v) is 2.31. The standard InChI is InChI=1S/C16H16Cl2N2O2/c1-10-14(17)7-12(8-15(10)18)20-16(21)19-9-11-3-5-13(22-2)6-4-11/h3-8H,9H2,1-2H3,(H2,19,20,21). The lowest BCUT2D eigenvalue weighted by Gasteiger charge is -2.10. The summed E-state index contributed by atoms with van der Waals surface area (Å²) >= 11 is 12.1. The van der Waals surface area contributed by atoms with E-state index < -0.39 is 0 Å². The van der Waals surface area contributed by atoms with E-state index in [0.29, 0.717) is 22.3 Å². The molecule has 0 heterocycles. The second kappa shape index (κ2) is 7.38. The highest BCUT2D eigenvalue weighted by Gasteiger charge is 2.07. The minimum Gasteiger partial charge on any atom is -0.497 e. The van der Waals surface area contributed by atoms with Crippen molar-refractivity contribution in [1.29, 1.82) is 0 Å². The van der Waals surface area contributed by atoms with Crippen molar-refractivity contribution in [2.75, 3.05) is 12.4 Å². The summed E-state index contributed by atoms with van der Waals surface area (Å²) in [6.07, 6.45) is 0. The Bertz CT molecular complexity index is 649. The number of hydrogen-bond donors (Lipinski definition) is 2. The van der Waals surface area contributed by atoms with Crippen molar-refractivity contribution in [3.8, 4) is 5.75 Å². The Kier molecular flexibility index (Phi) is 5.52. The zero-order valence-electron chi connectivity index (χ0n) is 12.2. The molecule has 0 aliphatic heterocycles. The molecule has 2 aromatic carbocycles. The highest BCUT2D eigenvalue weighted by Crippen LogP contribution is 2.28. The fourth-order valence-electron chi connectivity index (χ4n) is 1.82. The molecule has 0 bridgehead atoms. The molecule has 2 N–H and O–H groups in total. The summed E-state index contributed by atoms with van der Waals surface area (Å²) in [5.41, 5.74) is 2.30. The van der Waals surface area contributed by atoms with Gasteiger partial charge in [-0.25, -0.2) is 4.79 Å². The third-order valence-corrected chi connectivity index (χ3v) is 3.94. The van der Waals surface area contributed by atoms with Crippen LogP contribution in [-0.2, 0) is 6.54 Å². The smallest absolute Gasteiger partial charge is 0.319 e. The second-order valence-corrected chi connectivity index (χ2v) is 5.54. The molecule has 6 heteroatoms. The van der Waals surface area contributed by atoms with E-state index in [0.717, 1.165) is 16.9 Å². The zero-order chi connectivity index (χ0) is 16.1. The number of amides is 2. The maximum absolute atomic E-state index is 11.9. The van der Waals surface area contributed by atoms with Crippen LogP contribution in [0.2, 0.25) is 10.0 Å². The monoisotopic (exact) mass is 338 g/mol. The number of methoxy groups -OCH3 is 1. The van der Waals surface area contributed by atoms with Crippen LogP contribution in [0.25, 0.3) is 0 Å². The summed E-state index contributed by atoms with van der Waals surface area (Å²) in [5, 5.41) is 6.49. The van der Waals surface area contributed by atoms with Gasteiger partial charge in [0.15, 0.2) is 0 Å². The number of halogens is 2. The normalized spacial score (nSPS) is 10.2. The van der Waals surface area contributed by atoms with Crippen molar-refractivity contribution >= 4 is 34.9 Å². The molecule has 2 amide bonds. The van der Waals surface area contributed by atoms with Crippen LogP contribution in [0.15, 0.2) is 36.4 Å². The Morgan fingerprint density at radius 2 is 1.73 bits per heavy atom. The van der Waals surface area contributed by atoms with Crippen LogP contribution in [0.3, 0.4) is 0 Å². The predicted molar refractivity (Wildman–Crippen MR) is 90.1 cm³/mol. The topological polar surface area (TPSA) is 50.4 Å². The molecular weight excluding hydrogens is 323 g/mol. The number of anilines is 1. The van der Waals surface area contributed by atoms with Crippen molar-refractivity contribution in [1.82, 2.24) is 5.32 Å². The van der Waals surface area contributed by atoms with Crippen molar-refractivity contribution < 1.29 is 9.53 Å². The zero-order valence-corrected chi connectivity index (χ0v) is 13.8. The van der Waals surface area contributed by atoms with Gasteiger partial charge in [-0.3, -0.25) is 0 Å². The maximum Gasteiger partial charge on any atom is 0.319 e. The molecule has 2 rings (SSSR count). The van der Waals surface area contributed by atoms with Gasteiger partial charge < -0.3 is 15.4 Å². The summed E-state index contributed by atoms with van der Waals surface area (Å²) in [5.74, 6) is 0.775. The van der Waals surface area contributed by atoms with Crippen molar-refractivity contribution in [2.45, 2.75) is 13.5 Å². The van der Waals surface area contributed by atoms with E-state index in [2.05, 4.69) is 10.6 Å². The van der Waals surface area contributed by atoms with Crippen LogP contribution in [-0.4, -0.2) is 13.1 Å². The van der Waals surface area contributed by atoms with Crippen LogP contribution in [0, 0.1) is 6.92 Å². The van der Waals surface area contributed by atoms with Gasteiger partial charge in [0.25, 0.3) is 0 Å². The summed E-state index contributed by atoms with van der Waals surface area (Å²) in [6, 6.07) is 10.5. The van der Waals surface area contributed by atoms with E-state index in [4.69, 9.17) is 27.9 Å². The molecule has 2 aromatic rings. The van der Waals surface area contributed by atoms with Gasteiger partial charge in [-0.05, 0) is 42.3 Å². The number of rotatable bonds is 4. The Hall–Kier alpha value is -1.91. The Morgan fingerprint density at radius 1 is 1.14 bits per heavy atom. The third-order valence-electron chi connectivity index (χ3n) is 3.15. The molecule has 0 aromatic heterocycles. The number of carbonyl (C=O) groups is 1. The van der Waals surface area contributed by atoms with E-state index in [1.165, 1.54) is 0 Å². The molecule has 0 aliphatic carbocycles. The third kappa shape index (κ3) is 4.29. The highest BCUT2D eigenvalue weighted by atomic mass is 35.5. The molecular formula is C16H16Cl2N2O2. The molecule has 0 aliphatic rings. The van der Waals surface area contributed by atoms with Gasteiger partial charge >= 0.3 is 6.03 Å². The van der Waals surface area contributed by atoms with Gasteiger partial charge in [0.1, 0.15) is 5.75 Å². The van der Waals surface area contributed by atoms with E-state index in [1.807, 2.05) is 31.2 Å². The number of urea groups is 1. The summed E-state index contributed by atoms with van der Waals surface area (Å²) in [4.78, 5) is 11.9. The summed E-state index contributed by atoms with van der Waals surface area (Å²) in [7, 11) is 1.61. The van der Waals surface area contributed by atoms with Crippen molar-refractivity contribution in [2.24, 2.45) is 0 Å². The number of benzene rings is 2. The van der Waals surface area contributed by atoms with Gasteiger partial charge in [-0.2, -0.15) is 0 Å². The average molecular weight is 339 g/mol. The molecule has 0 spiro atoms. The number of ether oxygens (including phenoxy) is 1. The first-order valence-corrected chi connectivity index (χ1v) is 7.38. The SMILES string of the molecule is COc1ccc(CNC(=O)Nc2cc(Cl)c(C)c(Cl)c2)cc1. The number of nitrogens with one attached hydrogen (secondary N) is 2. The van der Waals surface area contributed by atoms with Gasteiger partial charge in [0.05, 0.1) is 7.11 Å². The average Bonchev–Trinajstić information content (AvgIpc) is 2.51. The van der Waals surface area contributed by atoms with E-state index in [-0.39, 0.29) is 6.03 Å². The molecule has 0 fully saturated rings. The summed E-state index contributed by atoms with van der Waals surface area (Å²) < 4.78 is 5.08. The lowest BCUT2D eigenvalue weighted by molar-refractivity contribution is 0.251. The van der Waals surface area contributed by atoms with Crippen LogP contribution >= 0.6 is 23.2 Å². The van der Waals surface area contributed by atoms with E-state index in [1.54, 1.807) is 19.2 Å². The van der Waals surface area contributed by atoms with Gasteiger partial charge in [0.2, 0.25) is 0 Å². The number of hydrogen-bond acceptors (Lipinski definition) is 2. The fraction of sp³-hybridized carbons (Fsp3) is 0.188. The first kappa shape index (κ1) is 16.5. The van der Waals surface area contributed by atoms with E-state index in [9.17, 15) is 4.79 Å². The number of carbonyl (C=O) groups excluding carboxylic acids is 1. The van der Waals surface area contributed by atoms with Crippen LogP contribution < -0.4 is 15.4 Å². The van der Waals surface area contributed by atoms with Gasteiger partial charge in [-0.1, -0.05) is 35.3 Å². The molecule has 0 saturated heterocycles. The first-order chi connectivity index (χ1) is 10.5. The molecule has 116 valence electrons. The van der Waals surface area contributed by atoms with Gasteiger partial charge in [-0.15, -0.1) is 0 Å². The predicted octanol–water partition coefficient (Wildman–Crippen LogP) is 4.63. The lowest BCUT2D eigenvalue weighted by atomic mass is 10.2. The lowest BCUT2D eigenvalue weighted by Crippen LogP contribution is -2.28. The Labute approximate surface area is 139 Å².